The summed E-state index contributed by atoms with van der Waals surface area (Å²) >= 11 is 3.74. The van der Waals surface area contributed by atoms with Gasteiger partial charge in [0.25, 0.3) is 0 Å². The molecule has 1 heterocycles. The van der Waals surface area contributed by atoms with Crippen LogP contribution in [0.1, 0.15) is 76.3 Å². The molecule has 3 rings (SSSR count). The second kappa shape index (κ2) is 8.24. The number of hydrogen-bond acceptors (Lipinski definition) is 1. The molecule has 1 aromatic rings. The van der Waals surface area contributed by atoms with Gasteiger partial charge in [0.2, 0.25) is 5.91 Å². The van der Waals surface area contributed by atoms with Gasteiger partial charge in [-0.1, -0.05) is 60.2 Å². The van der Waals surface area contributed by atoms with Crippen molar-refractivity contribution >= 4 is 27.5 Å². The summed E-state index contributed by atoms with van der Waals surface area (Å²) < 4.78 is 0.116. The van der Waals surface area contributed by atoms with Crippen LogP contribution in [-0.4, -0.2) is 16.8 Å². The quantitative estimate of drug-likeness (QED) is 0.546. The van der Waals surface area contributed by atoms with Crippen LogP contribution >= 0.6 is 15.9 Å². The van der Waals surface area contributed by atoms with E-state index in [1.807, 2.05) is 0 Å². The highest BCUT2D eigenvalue weighted by Crippen LogP contribution is 2.32. The van der Waals surface area contributed by atoms with Crippen LogP contribution in [0.5, 0.6) is 0 Å². The van der Waals surface area contributed by atoms with E-state index in [2.05, 4.69) is 52.9 Å². The van der Waals surface area contributed by atoms with E-state index in [1.165, 1.54) is 43.2 Å². The molecule has 0 spiro atoms. The van der Waals surface area contributed by atoms with E-state index < -0.39 is 0 Å². The van der Waals surface area contributed by atoms with Crippen molar-refractivity contribution in [3.8, 4) is 0 Å². The molecule has 0 unspecified atom stereocenters. The van der Waals surface area contributed by atoms with E-state index in [1.54, 1.807) is 0 Å². The molecule has 1 fully saturated rings. The first-order valence-electron chi connectivity index (χ1n) is 10.0. The fourth-order valence-electron chi connectivity index (χ4n) is 4.44. The third-order valence-corrected chi connectivity index (χ3v) is 5.96. The number of anilines is 1. The summed E-state index contributed by atoms with van der Waals surface area (Å²) in [5.41, 5.74) is 3.87. The summed E-state index contributed by atoms with van der Waals surface area (Å²) in [5.74, 6) is 1.12. The van der Waals surface area contributed by atoms with Gasteiger partial charge in [0.15, 0.2) is 0 Å². The summed E-state index contributed by atoms with van der Waals surface area (Å²) in [7, 11) is 0. The first-order chi connectivity index (χ1) is 11.9. The van der Waals surface area contributed by atoms with Gasteiger partial charge >= 0.3 is 0 Å². The standard InChI is InChI=1S/C22H32BrNO/c1-22(2,23)16-18-10-12-20-19(15-18)9-6-14-24(20)21(25)13-11-17-7-4-3-5-8-17/h10,12,15,17H,3-9,11,13-14,16H2,1-2H3. The molecule has 1 aliphatic heterocycles. The Morgan fingerprint density at radius 3 is 2.68 bits per heavy atom. The van der Waals surface area contributed by atoms with Crippen LogP contribution < -0.4 is 4.90 Å². The molecule has 0 saturated heterocycles. The van der Waals surface area contributed by atoms with Crippen molar-refractivity contribution in [1.82, 2.24) is 0 Å². The monoisotopic (exact) mass is 405 g/mol. The van der Waals surface area contributed by atoms with Crippen LogP contribution in [0.4, 0.5) is 5.69 Å². The SMILES string of the molecule is CC(C)(Br)Cc1ccc2c(c1)CCCN2C(=O)CCC1CCCCC1. The molecule has 138 valence electrons. The van der Waals surface area contributed by atoms with E-state index in [0.29, 0.717) is 5.91 Å². The topological polar surface area (TPSA) is 20.3 Å². The molecular weight excluding hydrogens is 374 g/mol. The minimum Gasteiger partial charge on any atom is -0.312 e. The number of nitrogens with zero attached hydrogens (tertiary/aromatic N) is 1. The maximum atomic E-state index is 12.8. The molecular formula is C22H32BrNO. The average Bonchev–Trinajstić information content (AvgIpc) is 2.58. The smallest absolute Gasteiger partial charge is 0.226 e. The van der Waals surface area contributed by atoms with Crippen molar-refractivity contribution in [2.45, 2.75) is 82.4 Å². The number of carbonyl (C=O) groups excluding carboxylic acids is 1. The minimum atomic E-state index is 0.116. The van der Waals surface area contributed by atoms with Crippen molar-refractivity contribution in [1.29, 1.82) is 0 Å². The van der Waals surface area contributed by atoms with Gasteiger partial charge in [0.05, 0.1) is 0 Å². The van der Waals surface area contributed by atoms with Crippen molar-refractivity contribution < 1.29 is 4.79 Å². The molecule has 25 heavy (non-hydrogen) atoms. The number of hydrogen-bond donors (Lipinski definition) is 0. The van der Waals surface area contributed by atoms with Crippen LogP contribution in [-0.2, 0) is 17.6 Å². The Morgan fingerprint density at radius 1 is 1.20 bits per heavy atom. The Morgan fingerprint density at radius 2 is 1.96 bits per heavy atom. The Bertz CT molecular complexity index is 599. The molecule has 0 atom stereocenters. The number of aryl methyl sites for hydroxylation is 1. The highest BCUT2D eigenvalue weighted by atomic mass is 79.9. The first kappa shape index (κ1) is 18.9. The van der Waals surface area contributed by atoms with Gasteiger partial charge < -0.3 is 4.90 Å². The Hall–Kier alpha value is -0.830. The van der Waals surface area contributed by atoms with Crippen LogP contribution in [0.15, 0.2) is 18.2 Å². The highest BCUT2D eigenvalue weighted by Gasteiger charge is 2.24. The summed E-state index contributed by atoms with van der Waals surface area (Å²) in [6, 6.07) is 6.70. The lowest BCUT2D eigenvalue weighted by Gasteiger charge is -2.31. The van der Waals surface area contributed by atoms with Gasteiger partial charge in [-0.3, -0.25) is 4.79 Å². The molecule has 2 aliphatic rings. The molecule has 1 aromatic carbocycles. The first-order valence-corrected chi connectivity index (χ1v) is 10.8. The van der Waals surface area contributed by atoms with Gasteiger partial charge in [-0.05, 0) is 62.6 Å². The maximum Gasteiger partial charge on any atom is 0.226 e. The zero-order chi connectivity index (χ0) is 17.9. The van der Waals surface area contributed by atoms with Crippen LogP contribution in [0.2, 0.25) is 0 Å². The van der Waals surface area contributed by atoms with Gasteiger partial charge in [-0.2, -0.15) is 0 Å². The Labute approximate surface area is 161 Å². The van der Waals surface area contributed by atoms with Crippen LogP contribution in [0.3, 0.4) is 0 Å². The zero-order valence-corrected chi connectivity index (χ0v) is 17.4. The predicted octanol–water partition coefficient (Wildman–Crippen LogP) is 6.04. The summed E-state index contributed by atoms with van der Waals surface area (Å²) in [5, 5.41) is 0. The molecule has 2 nitrogen and oxygen atoms in total. The summed E-state index contributed by atoms with van der Waals surface area (Å²) in [6.07, 6.45) is 11.8. The third-order valence-electron chi connectivity index (χ3n) is 5.68. The summed E-state index contributed by atoms with van der Waals surface area (Å²) in [6.45, 7) is 5.29. The third kappa shape index (κ3) is 5.32. The molecule has 0 radical (unpaired) electrons. The number of rotatable bonds is 5. The van der Waals surface area contributed by atoms with E-state index in [9.17, 15) is 4.79 Å². The van der Waals surface area contributed by atoms with Crippen molar-refractivity contribution in [3.63, 3.8) is 0 Å². The molecule has 1 saturated carbocycles. The maximum absolute atomic E-state index is 12.8. The number of alkyl halides is 1. The molecule has 1 amide bonds. The lowest BCUT2D eigenvalue weighted by molar-refractivity contribution is -0.119. The average molecular weight is 406 g/mol. The van der Waals surface area contributed by atoms with Crippen molar-refractivity contribution in [2.75, 3.05) is 11.4 Å². The molecule has 1 aliphatic carbocycles. The second-order valence-corrected chi connectivity index (χ2v) is 10.7. The Kier molecular flexibility index (Phi) is 6.25. The van der Waals surface area contributed by atoms with E-state index in [4.69, 9.17) is 0 Å². The minimum absolute atomic E-state index is 0.116. The lowest BCUT2D eigenvalue weighted by atomic mass is 9.86. The van der Waals surface area contributed by atoms with Crippen molar-refractivity contribution in [2.24, 2.45) is 5.92 Å². The summed E-state index contributed by atoms with van der Waals surface area (Å²) in [4.78, 5) is 14.9. The normalized spacial score (nSPS) is 18.9. The molecule has 0 aromatic heterocycles. The lowest BCUT2D eigenvalue weighted by Crippen LogP contribution is -2.35. The van der Waals surface area contributed by atoms with E-state index >= 15 is 0 Å². The highest BCUT2D eigenvalue weighted by molar-refractivity contribution is 9.10. The number of carbonyl (C=O) groups is 1. The number of amides is 1. The Balaban J connectivity index is 1.65. The fourth-order valence-corrected chi connectivity index (χ4v) is 4.77. The van der Waals surface area contributed by atoms with E-state index in [0.717, 1.165) is 50.3 Å². The van der Waals surface area contributed by atoms with Gasteiger partial charge in [-0.15, -0.1) is 0 Å². The van der Waals surface area contributed by atoms with Gasteiger partial charge in [0.1, 0.15) is 0 Å². The van der Waals surface area contributed by atoms with Gasteiger partial charge in [-0.25, -0.2) is 0 Å². The van der Waals surface area contributed by atoms with Crippen molar-refractivity contribution in [3.05, 3.63) is 29.3 Å². The fraction of sp³-hybridized carbons (Fsp3) is 0.682. The zero-order valence-electron chi connectivity index (χ0n) is 15.8. The number of fused-ring (bicyclic) bond motifs is 1. The molecule has 0 bridgehead atoms. The molecule has 0 N–H and O–H groups in total. The number of benzene rings is 1. The predicted molar refractivity (Wildman–Crippen MR) is 110 cm³/mol. The van der Waals surface area contributed by atoms with Crippen LogP contribution in [0, 0.1) is 5.92 Å². The second-order valence-electron chi connectivity index (χ2n) is 8.55. The van der Waals surface area contributed by atoms with Crippen LogP contribution in [0.25, 0.3) is 0 Å². The van der Waals surface area contributed by atoms with E-state index in [-0.39, 0.29) is 4.32 Å². The number of halogens is 1. The van der Waals surface area contributed by atoms with Gasteiger partial charge in [0, 0.05) is 23.0 Å². The largest absolute Gasteiger partial charge is 0.312 e. The molecule has 3 heteroatoms.